The molecular weight excluding hydrogens is 540 g/mol. The zero-order chi connectivity index (χ0) is 29.3. The van der Waals surface area contributed by atoms with Crippen LogP contribution in [0.15, 0.2) is 0 Å². The molecule has 0 saturated carbocycles. The fraction of sp³-hybridized carbons (Fsp3) is 0.889. The van der Waals surface area contributed by atoms with E-state index in [9.17, 15) is 62.3 Å². The summed E-state index contributed by atoms with van der Waals surface area (Å²) < 4.78 is 175. The number of alkyl halides is 12. The van der Waals surface area contributed by atoms with E-state index in [2.05, 4.69) is 14.2 Å². The topological polar surface area (TPSA) is 82.1 Å². The van der Waals surface area contributed by atoms with Crippen LogP contribution in [0.5, 0.6) is 0 Å². The van der Waals surface area contributed by atoms with E-state index in [0.29, 0.717) is 6.92 Å². The lowest BCUT2D eigenvalue weighted by Crippen LogP contribution is -2.61. The van der Waals surface area contributed by atoms with Gasteiger partial charge in [-0.3, -0.25) is 0 Å². The Labute approximate surface area is 195 Å². The summed E-state index contributed by atoms with van der Waals surface area (Å²) in [4.78, 5) is 21.6. The molecule has 18 heteroatoms. The smallest absolute Gasteiger partial charge is 0.426 e. The summed E-state index contributed by atoms with van der Waals surface area (Å²) in [6.07, 6.45) is -19.7. The number of esters is 1. The SMILES string of the molecule is CCC(CC(C)OC(F)(F)C(F)(F)C(F)(F)C(=O)O)OC(F)(F)C(F)(F)C(F)(F)C(=O)OC(C)(C)C. The van der Waals surface area contributed by atoms with Gasteiger partial charge in [0.2, 0.25) is 0 Å². The van der Waals surface area contributed by atoms with Gasteiger partial charge in [-0.25, -0.2) is 9.59 Å². The zero-order valence-corrected chi connectivity index (χ0v) is 19.1. The van der Waals surface area contributed by atoms with Gasteiger partial charge in [-0.2, -0.15) is 52.7 Å². The van der Waals surface area contributed by atoms with Crippen LogP contribution in [0, 0.1) is 0 Å². The number of ether oxygens (including phenoxy) is 3. The van der Waals surface area contributed by atoms with Crippen molar-refractivity contribution in [3.05, 3.63) is 0 Å². The summed E-state index contributed by atoms with van der Waals surface area (Å²) in [5.41, 5.74) is -1.81. The number of carbonyl (C=O) groups excluding carboxylic acids is 1. The monoisotopic (exact) mass is 562 g/mol. The summed E-state index contributed by atoms with van der Waals surface area (Å²) in [6.45, 7) is 4.10. The summed E-state index contributed by atoms with van der Waals surface area (Å²) in [5, 5.41) is 8.04. The Kier molecular flexibility index (Phi) is 9.84. The van der Waals surface area contributed by atoms with Gasteiger partial charge in [-0.1, -0.05) is 6.92 Å². The van der Waals surface area contributed by atoms with E-state index in [1.165, 1.54) is 0 Å². The fourth-order valence-electron chi connectivity index (χ4n) is 2.30. The van der Waals surface area contributed by atoms with E-state index >= 15 is 0 Å². The highest BCUT2D eigenvalue weighted by Crippen LogP contribution is 2.49. The molecule has 0 rings (SSSR count). The summed E-state index contributed by atoms with van der Waals surface area (Å²) in [5.74, 6) is -32.5. The van der Waals surface area contributed by atoms with E-state index in [4.69, 9.17) is 5.11 Å². The molecule has 2 atom stereocenters. The standard InChI is InChI=1S/C18H22F12O6/c1-6-9(7-8(2)34-17(27,28)15(23,24)13(19,20)10(31)32)35-18(29,30)16(25,26)14(21,22)11(33)36-12(3,4)5/h8-9H,6-7H2,1-5H3,(H,31,32). The van der Waals surface area contributed by atoms with Crippen LogP contribution in [0.25, 0.3) is 0 Å². The lowest BCUT2D eigenvalue weighted by atomic mass is 10.1. The molecule has 0 bridgehead atoms. The van der Waals surface area contributed by atoms with Gasteiger partial charge >= 0.3 is 47.8 Å². The number of rotatable bonds is 13. The lowest BCUT2D eigenvalue weighted by Gasteiger charge is -2.35. The predicted octanol–water partition coefficient (Wildman–Crippen LogP) is 5.73. The molecule has 0 aliphatic rings. The Bertz CT molecular complexity index is 794. The second-order valence-electron chi connectivity index (χ2n) is 8.45. The Morgan fingerprint density at radius 3 is 1.50 bits per heavy atom. The van der Waals surface area contributed by atoms with Gasteiger partial charge in [-0.05, 0) is 40.5 Å². The third-order valence-corrected chi connectivity index (χ3v) is 4.16. The third-order valence-electron chi connectivity index (χ3n) is 4.16. The Balaban J connectivity index is 5.72. The Morgan fingerprint density at radius 1 is 0.750 bits per heavy atom. The molecule has 0 aliphatic heterocycles. The van der Waals surface area contributed by atoms with Gasteiger partial charge in [0, 0.05) is 0 Å². The molecule has 0 radical (unpaired) electrons. The minimum atomic E-state index is -6.67. The van der Waals surface area contributed by atoms with Crippen molar-refractivity contribution >= 4 is 11.9 Å². The first-order chi connectivity index (χ1) is 15.6. The van der Waals surface area contributed by atoms with Crippen LogP contribution in [0.3, 0.4) is 0 Å². The molecule has 0 fully saturated rings. The quantitative estimate of drug-likeness (QED) is 0.228. The molecule has 0 spiro atoms. The fourth-order valence-corrected chi connectivity index (χ4v) is 2.30. The Hall–Kier alpha value is -1.98. The molecule has 36 heavy (non-hydrogen) atoms. The van der Waals surface area contributed by atoms with Crippen LogP contribution in [0.4, 0.5) is 52.7 Å². The van der Waals surface area contributed by atoms with Gasteiger partial charge in [0.05, 0.1) is 12.2 Å². The normalized spacial score (nSPS) is 16.5. The third kappa shape index (κ3) is 6.86. The van der Waals surface area contributed by atoms with Crippen LogP contribution in [0.1, 0.15) is 47.5 Å². The van der Waals surface area contributed by atoms with Crippen LogP contribution in [-0.2, 0) is 23.8 Å². The highest BCUT2D eigenvalue weighted by molar-refractivity contribution is 5.79. The first-order valence-corrected chi connectivity index (χ1v) is 9.70. The van der Waals surface area contributed by atoms with Gasteiger partial charge < -0.3 is 19.3 Å². The second-order valence-corrected chi connectivity index (χ2v) is 8.45. The maximum Gasteiger partial charge on any atom is 0.426 e. The number of hydrogen-bond acceptors (Lipinski definition) is 5. The van der Waals surface area contributed by atoms with Gasteiger partial charge in [0.15, 0.2) is 0 Å². The average Bonchev–Trinajstić information content (AvgIpc) is 2.64. The second kappa shape index (κ2) is 10.4. The van der Waals surface area contributed by atoms with Gasteiger partial charge in [0.1, 0.15) is 5.60 Å². The molecule has 0 amide bonds. The largest absolute Gasteiger partial charge is 0.477 e. The summed E-state index contributed by atoms with van der Waals surface area (Å²) in [6, 6.07) is 0. The predicted molar refractivity (Wildman–Crippen MR) is 93.5 cm³/mol. The first-order valence-electron chi connectivity index (χ1n) is 9.70. The van der Waals surface area contributed by atoms with E-state index in [0.717, 1.165) is 27.7 Å². The van der Waals surface area contributed by atoms with E-state index in [1.54, 1.807) is 0 Å². The number of carboxylic acids is 1. The minimum Gasteiger partial charge on any atom is -0.477 e. The molecule has 1 N–H and O–H groups in total. The summed E-state index contributed by atoms with van der Waals surface area (Å²) >= 11 is 0. The van der Waals surface area contributed by atoms with Crippen LogP contribution < -0.4 is 0 Å². The number of halogens is 12. The van der Waals surface area contributed by atoms with Crippen LogP contribution >= 0.6 is 0 Å². The van der Waals surface area contributed by atoms with Crippen molar-refractivity contribution in [2.75, 3.05) is 0 Å². The molecule has 0 aliphatic carbocycles. The first kappa shape index (κ1) is 34.0. The molecule has 0 aromatic rings. The molecule has 0 aromatic carbocycles. The number of carbonyl (C=O) groups is 2. The number of carboxylic acid groups (broad SMARTS) is 1. The molecule has 0 saturated heterocycles. The van der Waals surface area contributed by atoms with E-state index < -0.39 is 78.5 Å². The van der Waals surface area contributed by atoms with Crippen molar-refractivity contribution in [1.82, 2.24) is 0 Å². The molecule has 0 aromatic heterocycles. The maximum absolute atomic E-state index is 14.0. The van der Waals surface area contributed by atoms with Crippen molar-refractivity contribution in [2.45, 2.75) is 101 Å². The average molecular weight is 562 g/mol. The van der Waals surface area contributed by atoms with Gasteiger partial charge in [0.25, 0.3) is 0 Å². The lowest BCUT2D eigenvalue weighted by molar-refractivity contribution is -0.412. The van der Waals surface area contributed by atoms with Crippen LogP contribution in [-0.4, -0.2) is 70.8 Å². The highest BCUT2D eigenvalue weighted by Gasteiger charge is 2.78. The van der Waals surface area contributed by atoms with Crippen LogP contribution in [0.2, 0.25) is 0 Å². The molecule has 214 valence electrons. The highest BCUT2D eigenvalue weighted by atomic mass is 19.4. The van der Waals surface area contributed by atoms with E-state index in [1.807, 2.05) is 0 Å². The van der Waals surface area contributed by atoms with Gasteiger partial charge in [-0.15, -0.1) is 0 Å². The van der Waals surface area contributed by atoms with Crippen molar-refractivity contribution in [1.29, 1.82) is 0 Å². The number of hydrogen-bond donors (Lipinski definition) is 1. The Morgan fingerprint density at radius 2 is 1.14 bits per heavy atom. The minimum absolute atomic E-state index is 0.376. The molecule has 0 heterocycles. The molecule has 6 nitrogen and oxygen atoms in total. The van der Waals surface area contributed by atoms with E-state index in [-0.39, 0.29) is 0 Å². The maximum atomic E-state index is 14.0. The van der Waals surface area contributed by atoms with Crippen molar-refractivity contribution in [2.24, 2.45) is 0 Å². The molecule has 2 unspecified atom stereocenters. The zero-order valence-electron chi connectivity index (χ0n) is 19.1. The summed E-state index contributed by atoms with van der Waals surface area (Å²) in [7, 11) is 0. The van der Waals surface area contributed by atoms with Crippen molar-refractivity contribution in [3.63, 3.8) is 0 Å². The molecular formula is C18H22F12O6. The number of aliphatic carboxylic acids is 1. The van der Waals surface area contributed by atoms with Crippen molar-refractivity contribution < 1.29 is 81.6 Å². The van der Waals surface area contributed by atoms with Crippen molar-refractivity contribution in [3.8, 4) is 0 Å².